The first-order valence-electron chi connectivity index (χ1n) is 8.63. The Morgan fingerprint density at radius 1 is 1.22 bits per heavy atom. The predicted octanol–water partition coefficient (Wildman–Crippen LogP) is 2.92. The molecule has 148 valence electrons. The number of hydrogen-bond acceptors (Lipinski definition) is 5. The van der Waals surface area contributed by atoms with Crippen LogP contribution in [-0.2, 0) is 21.4 Å². The molecular weight excluding hydrogens is 384 g/mol. The Labute approximate surface area is 164 Å². The van der Waals surface area contributed by atoms with Gasteiger partial charge in [0.25, 0.3) is 0 Å². The number of anilines is 1. The lowest BCUT2D eigenvalue weighted by molar-refractivity contribution is -0.115. The van der Waals surface area contributed by atoms with Crippen LogP contribution in [0.5, 0.6) is 0 Å². The lowest BCUT2D eigenvalue weighted by atomic mass is 10.2. The minimum absolute atomic E-state index is 0.00425. The zero-order chi connectivity index (χ0) is 20.4. The Hall–Kier alpha value is -1.84. The highest BCUT2D eigenvalue weighted by molar-refractivity contribution is 8.00. The number of amides is 1. The molecule has 0 aliphatic rings. The maximum absolute atomic E-state index is 12.5. The molecule has 0 unspecified atom stereocenters. The summed E-state index contributed by atoms with van der Waals surface area (Å²) in [6, 6.07) is 5.77. The second-order valence-corrected chi connectivity index (χ2v) is 9.76. The van der Waals surface area contributed by atoms with Crippen molar-refractivity contribution in [3.8, 4) is 0 Å². The summed E-state index contributed by atoms with van der Waals surface area (Å²) in [7, 11) is -3.75. The monoisotopic (exact) mass is 410 g/mol. The van der Waals surface area contributed by atoms with Crippen molar-refractivity contribution >= 4 is 33.4 Å². The molecule has 1 heterocycles. The average molecular weight is 411 g/mol. The van der Waals surface area contributed by atoms with Crippen molar-refractivity contribution < 1.29 is 13.2 Å². The summed E-state index contributed by atoms with van der Waals surface area (Å²) in [5, 5.41) is 8.33. The van der Waals surface area contributed by atoms with Gasteiger partial charge in [0.15, 0.2) is 5.16 Å². The fourth-order valence-corrected chi connectivity index (χ4v) is 4.00. The first-order chi connectivity index (χ1) is 12.5. The molecule has 0 saturated heterocycles. The summed E-state index contributed by atoms with van der Waals surface area (Å²) < 4.78 is 24.7. The molecule has 1 amide bonds. The summed E-state index contributed by atoms with van der Waals surface area (Å²) in [5.41, 5.74) is 2.58. The van der Waals surface area contributed by atoms with Crippen LogP contribution in [0.1, 0.15) is 32.2 Å². The number of imidazole rings is 1. The molecule has 9 heteroatoms. The van der Waals surface area contributed by atoms with Gasteiger partial charge in [0.1, 0.15) is 0 Å². The molecule has 1 aromatic heterocycles. The third kappa shape index (κ3) is 5.57. The smallest absolute Gasteiger partial charge is 0.238 e. The summed E-state index contributed by atoms with van der Waals surface area (Å²) in [5.74, 6) is 0.288. The van der Waals surface area contributed by atoms with E-state index in [1.807, 2.05) is 20.8 Å². The zero-order valence-electron chi connectivity index (χ0n) is 16.2. The normalized spacial score (nSPS) is 13.0. The van der Waals surface area contributed by atoms with Gasteiger partial charge in [-0.05, 0) is 51.0 Å². The molecule has 0 aliphatic carbocycles. The van der Waals surface area contributed by atoms with Crippen LogP contribution < -0.4 is 10.5 Å². The molecule has 0 spiro atoms. The molecular formula is C18H26N4O3S2. The summed E-state index contributed by atoms with van der Waals surface area (Å²) in [6.45, 7) is 11.0. The summed E-state index contributed by atoms with van der Waals surface area (Å²) in [6.07, 6.45) is 0. The Kier molecular flexibility index (Phi) is 6.72. The minimum atomic E-state index is -3.75. The average Bonchev–Trinajstić information content (AvgIpc) is 2.81. The molecule has 2 rings (SSSR count). The summed E-state index contributed by atoms with van der Waals surface area (Å²) in [4.78, 5) is 17.1. The third-order valence-corrected chi connectivity index (χ3v) is 6.09. The van der Waals surface area contributed by atoms with Gasteiger partial charge < -0.3 is 9.88 Å². The number of carbonyl (C=O) groups excluding carboxylic acids is 1. The molecule has 1 aromatic carbocycles. The van der Waals surface area contributed by atoms with Gasteiger partial charge in [0, 0.05) is 17.9 Å². The van der Waals surface area contributed by atoms with Crippen LogP contribution in [0.15, 0.2) is 34.3 Å². The SMILES string of the molecule is Cc1nc(S[C@@H](C)C(=O)Nc2ccc(S(N)(=O)=O)cc2)n(CC(C)C)c1C. The Morgan fingerprint density at radius 3 is 2.33 bits per heavy atom. The number of nitrogens with zero attached hydrogens (tertiary/aromatic N) is 2. The number of thioether (sulfide) groups is 1. The fraction of sp³-hybridized carbons (Fsp3) is 0.444. The van der Waals surface area contributed by atoms with Crippen LogP contribution in [0, 0.1) is 19.8 Å². The second kappa shape index (κ2) is 8.45. The third-order valence-electron chi connectivity index (χ3n) is 4.07. The van der Waals surface area contributed by atoms with E-state index in [0.717, 1.165) is 23.1 Å². The highest BCUT2D eigenvalue weighted by Gasteiger charge is 2.20. The number of sulfonamides is 1. The Balaban J connectivity index is 2.09. The van der Waals surface area contributed by atoms with Gasteiger partial charge in [-0.3, -0.25) is 4.79 Å². The quantitative estimate of drug-likeness (QED) is 0.683. The van der Waals surface area contributed by atoms with E-state index in [9.17, 15) is 13.2 Å². The lowest BCUT2D eigenvalue weighted by Crippen LogP contribution is -2.23. The molecule has 0 fully saturated rings. The number of aromatic nitrogens is 2. The van der Waals surface area contributed by atoms with Crippen LogP contribution in [0.25, 0.3) is 0 Å². The van der Waals surface area contributed by atoms with E-state index in [0.29, 0.717) is 11.6 Å². The number of nitrogens with one attached hydrogen (secondary N) is 1. The number of benzene rings is 1. The Morgan fingerprint density at radius 2 is 1.81 bits per heavy atom. The van der Waals surface area contributed by atoms with E-state index >= 15 is 0 Å². The standard InChI is InChI=1S/C18H26N4O3S2/c1-11(2)10-22-13(4)12(3)20-18(22)26-14(5)17(23)21-15-6-8-16(9-7-15)27(19,24)25/h6-9,11,14H,10H2,1-5H3,(H,21,23)(H2,19,24,25)/t14-/m0/s1. The van der Waals surface area contributed by atoms with Crippen molar-refractivity contribution in [1.82, 2.24) is 9.55 Å². The number of carbonyl (C=O) groups is 1. The molecule has 0 saturated carbocycles. The zero-order valence-corrected chi connectivity index (χ0v) is 17.8. The maximum Gasteiger partial charge on any atom is 0.238 e. The minimum Gasteiger partial charge on any atom is -0.325 e. The van der Waals surface area contributed by atoms with Crippen molar-refractivity contribution in [2.45, 2.75) is 56.5 Å². The number of hydrogen-bond donors (Lipinski definition) is 2. The van der Waals surface area contributed by atoms with Crippen molar-refractivity contribution in [2.24, 2.45) is 11.1 Å². The molecule has 27 heavy (non-hydrogen) atoms. The highest BCUT2D eigenvalue weighted by Crippen LogP contribution is 2.27. The number of primary sulfonamides is 1. The molecule has 0 radical (unpaired) electrons. The fourth-order valence-electron chi connectivity index (χ4n) is 2.48. The molecule has 2 aromatic rings. The number of aryl methyl sites for hydroxylation is 1. The summed E-state index contributed by atoms with van der Waals surface area (Å²) >= 11 is 1.41. The highest BCUT2D eigenvalue weighted by atomic mass is 32.2. The first kappa shape index (κ1) is 21.5. The van der Waals surface area contributed by atoms with Gasteiger partial charge in [-0.25, -0.2) is 18.5 Å². The lowest BCUT2D eigenvalue weighted by Gasteiger charge is -2.15. The Bertz CT molecular complexity index is 919. The van der Waals surface area contributed by atoms with Crippen molar-refractivity contribution in [3.63, 3.8) is 0 Å². The van der Waals surface area contributed by atoms with Crippen LogP contribution in [0.2, 0.25) is 0 Å². The van der Waals surface area contributed by atoms with Crippen molar-refractivity contribution in [2.75, 3.05) is 5.32 Å². The predicted molar refractivity (Wildman–Crippen MR) is 108 cm³/mol. The first-order valence-corrected chi connectivity index (χ1v) is 11.1. The topological polar surface area (TPSA) is 107 Å². The number of rotatable bonds is 7. The van der Waals surface area contributed by atoms with Gasteiger partial charge in [-0.15, -0.1) is 0 Å². The van der Waals surface area contributed by atoms with Gasteiger partial charge in [0.05, 0.1) is 15.8 Å². The molecule has 3 N–H and O–H groups in total. The molecule has 7 nitrogen and oxygen atoms in total. The van der Waals surface area contributed by atoms with Gasteiger partial charge in [0.2, 0.25) is 15.9 Å². The van der Waals surface area contributed by atoms with E-state index in [-0.39, 0.29) is 16.1 Å². The van der Waals surface area contributed by atoms with Gasteiger partial charge in [-0.1, -0.05) is 25.6 Å². The van der Waals surface area contributed by atoms with Gasteiger partial charge >= 0.3 is 0 Å². The molecule has 0 bridgehead atoms. The van der Waals surface area contributed by atoms with Crippen LogP contribution in [-0.4, -0.2) is 29.1 Å². The maximum atomic E-state index is 12.5. The second-order valence-electron chi connectivity index (χ2n) is 6.89. The van der Waals surface area contributed by atoms with E-state index in [1.54, 1.807) is 0 Å². The van der Waals surface area contributed by atoms with Crippen LogP contribution >= 0.6 is 11.8 Å². The van der Waals surface area contributed by atoms with Crippen molar-refractivity contribution in [3.05, 3.63) is 35.7 Å². The van der Waals surface area contributed by atoms with E-state index < -0.39 is 10.0 Å². The van der Waals surface area contributed by atoms with E-state index in [2.05, 4.69) is 28.7 Å². The van der Waals surface area contributed by atoms with Crippen LogP contribution in [0.3, 0.4) is 0 Å². The molecule has 0 aliphatic heterocycles. The van der Waals surface area contributed by atoms with E-state index in [4.69, 9.17) is 5.14 Å². The number of nitrogens with two attached hydrogens (primary N) is 1. The van der Waals surface area contributed by atoms with Gasteiger partial charge in [-0.2, -0.15) is 0 Å². The van der Waals surface area contributed by atoms with Crippen molar-refractivity contribution in [1.29, 1.82) is 0 Å². The van der Waals surface area contributed by atoms with Crippen LogP contribution in [0.4, 0.5) is 5.69 Å². The largest absolute Gasteiger partial charge is 0.325 e. The van der Waals surface area contributed by atoms with E-state index in [1.165, 1.54) is 36.0 Å². The molecule has 1 atom stereocenters.